The summed E-state index contributed by atoms with van der Waals surface area (Å²) in [5, 5.41) is 3.07. The van der Waals surface area contributed by atoms with E-state index in [9.17, 15) is 4.79 Å². The van der Waals surface area contributed by atoms with E-state index in [-0.39, 0.29) is 17.9 Å². The third-order valence-electron chi connectivity index (χ3n) is 5.18. The van der Waals surface area contributed by atoms with Gasteiger partial charge >= 0.3 is 0 Å². The lowest BCUT2D eigenvalue weighted by atomic mass is 10.0. The number of nitrogens with zero attached hydrogens (tertiary/aromatic N) is 3. The Balaban J connectivity index is 1.48. The highest BCUT2D eigenvalue weighted by molar-refractivity contribution is 5.95. The summed E-state index contributed by atoms with van der Waals surface area (Å²) >= 11 is 0. The largest absolute Gasteiger partial charge is 0.379 e. The molecule has 0 aliphatic carbocycles. The second-order valence-corrected chi connectivity index (χ2v) is 7.22. The molecule has 2 aromatic carbocycles. The van der Waals surface area contributed by atoms with Crippen LogP contribution in [0.3, 0.4) is 0 Å². The number of amides is 1. The standard InChI is InChI=1S/C23H25N5O2/c24-23-25-11-10-20(27-23)18-6-8-19(9-7-18)26-22(29)21(28-12-14-30-15-13-28)16-17-4-2-1-3-5-17/h1-11,21H,12-16H2,(H,26,29)(H2,24,25,27)/t21-/m1/s1. The Morgan fingerprint density at radius 3 is 2.50 bits per heavy atom. The van der Waals surface area contributed by atoms with Crippen LogP contribution in [0.5, 0.6) is 0 Å². The molecular weight excluding hydrogens is 378 g/mol. The molecule has 4 rings (SSSR count). The van der Waals surface area contributed by atoms with Gasteiger partial charge in [-0.2, -0.15) is 0 Å². The zero-order valence-electron chi connectivity index (χ0n) is 16.7. The SMILES string of the molecule is Nc1nccc(-c2ccc(NC(=O)[C@@H](Cc3ccccc3)N3CCOCC3)cc2)n1. The first kappa shape index (κ1) is 20.0. The fourth-order valence-electron chi connectivity index (χ4n) is 3.60. The lowest BCUT2D eigenvalue weighted by Gasteiger charge is -2.33. The van der Waals surface area contributed by atoms with E-state index in [4.69, 9.17) is 10.5 Å². The molecule has 0 unspecified atom stereocenters. The summed E-state index contributed by atoms with van der Waals surface area (Å²) in [6.07, 6.45) is 2.29. The maximum absolute atomic E-state index is 13.2. The second kappa shape index (κ2) is 9.47. The molecule has 1 aliphatic heterocycles. The van der Waals surface area contributed by atoms with Crippen molar-refractivity contribution in [2.75, 3.05) is 37.4 Å². The van der Waals surface area contributed by atoms with Crippen LogP contribution in [0.25, 0.3) is 11.3 Å². The van der Waals surface area contributed by atoms with Gasteiger partial charge in [0, 0.05) is 30.5 Å². The number of anilines is 2. The summed E-state index contributed by atoms with van der Waals surface area (Å²) in [4.78, 5) is 23.5. The van der Waals surface area contributed by atoms with E-state index >= 15 is 0 Å². The van der Waals surface area contributed by atoms with Gasteiger partial charge in [0.05, 0.1) is 24.9 Å². The van der Waals surface area contributed by atoms with Gasteiger partial charge in [-0.15, -0.1) is 0 Å². The van der Waals surface area contributed by atoms with Crippen molar-refractivity contribution in [2.24, 2.45) is 0 Å². The fraction of sp³-hybridized carbons (Fsp3) is 0.261. The third kappa shape index (κ3) is 5.00. The molecule has 1 aromatic heterocycles. The summed E-state index contributed by atoms with van der Waals surface area (Å²) in [5.74, 6) is 0.221. The van der Waals surface area contributed by atoms with Crippen LogP contribution in [-0.4, -0.2) is 53.1 Å². The molecule has 3 N–H and O–H groups in total. The molecule has 7 nitrogen and oxygen atoms in total. The molecule has 1 saturated heterocycles. The van der Waals surface area contributed by atoms with Crippen molar-refractivity contribution in [1.82, 2.24) is 14.9 Å². The number of nitrogens with one attached hydrogen (secondary N) is 1. The molecule has 30 heavy (non-hydrogen) atoms. The summed E-state index contributed by atoms with van der Waals surface area (Å²) in [6.45, 7) is 2.79. The monoisotopic (exact) mass is 403 g/mol. The Labute approximate surface area is 175 Å². The number of carbonyl (C=O) groups excluding carboxylic acids is 1. The first-order valence-corrected chi connectivity index (χ1v) is 10.0. The Kier molecular flexibility index (Phi) is 6.32. The van der Waals surface area contributed by atoms with Crippen LogP contribution >= 0.6 is 0 Å². The molecule has 1 aliphatic rings. The summed E-state index contributed by atoms with van der Waals surface area (Å²) in [6, 6.07) is 19.2. The van der Waals surface area contributed by atoms with Crippen molar-refractivity contribution in [2.45, 2.75) is 12.5 Å². The van der Waals surface area contributed by atoms with Gasteiger partial charge in [0.25, 0.3) is 0 Å². The van der Waals surface area contributed by atoms with Crippen molar-refractivity contribution >= 4 is 17.5 Å². The van der Waals surface area contributed by atoms with Crippen LogP contribution in [-0.2, 0) is 16.0 Å². The normalized spacial score (nSPS) is 15.5. The van der Waals surface area contributed by atoms with Crippen LogP contribution in [0.15, 0.2) is 66.9 Å². The van der Waals surface area contributed by atoms with Crippen molar-refractivity contribution in [3.63, 3.8) is 0 Å². The number of aromatic nitrogens is 2. The number of rotatable bonds is 6. The molecule has 3 aromatic rings. The zero-order chi connectivity index (χ0) is 20.8. The van der Waals surface area contributed by atoms with E-state index in [1.54, 1.807) is 12.3 Å². The molecule has 7 heteroatoms. The van der Waals surface area contributed by atoms with Crippen molar-refractivity contribution in [1.29, 1.82) is 0 Å². The minimum absolute atomic E-state index is 0.0141. The van der Waals surface area contributed by atoms with Gasteiger partial charge in [-0.25, -0.2) is 9.97 Å². The van der Waals surface area contributed by atoms with Gasteiger partial charge in [0.1, 0.15) is 0 Å². The van der Waals surface area contributed by atoms with E-state index in [1.807, 2.05) is 42.5 Å². The minimum atomic E-state index is -0.252. The van der Waals surface area contributed by atoms with Crippen molar-refractivity contribution in [3.05, 3.63) is 72.4 Å². The van der Waals surface area contributed by atoms with Gasteiger partial charge in [-0.3, -0.25) is 9.69 Å². The van der Waals surface area contributed by atoms with E-state index in [2.05, 4.69) is 32.3 Å². The number of nitrogens with two attached hydrogens (primary N) is 1. The Hall–Kier alpha value is -3.29. The molecular formula is C23H25N5O2. The molecule has 1 fully saturated rings. The molecule has 2 heterocycles. The summed E-state index contributed by atoms with van der Waals surface area (Å²) < 4.78 is 5.47. The summed E-state index contributed by atoms with van der Waals surface area (Å²) in [7, 11) is 0. The Morgan fingerprint density at radius 2 is 1.80 bits per heavy atom. The lowest BCUT2D eigenvalue weighted by Crippen LogP contribution is -2.50. The predicted molar refractivity (Wildman–Crippen MR) is 117 cm³/mol. The molecule has 0 spiro atoms. The number of carbonyl (C=O) groups is 1. The molecule has 0 saturated carbocycles. The van der Waals surface area contributed by atoms with E-state index in [0.717, 1.165) is 35.6 Å². The Bertz CT molecular complexity index is 972. The molecule has 0 radical (unpaired) electrons. The first-order valence-electron chi connectivity index (χ1n) is 10.0. The fourth-order valence-corrected chi connectivity index (χ4v) is 3.60. The summed E-state index contributed by atoms with van der Waals surface area (Å²) in [5.41, 5.74) is 9.21. The van der Waals surface area contributed by atoms with Crippen LogP contribution in [0.2, 0.25) is 0 Å². The van der Waals surface area contributed by atoms with Crippen LogP contribution in [0, 0.1) is 0 Å². The maximum atomic E-state index is 13.2. The lowest BCUT2D eigenvalue weighted by molar-refractivity contribution is -0.123. The van der Waals surface area contributed by atoms with Gasteiger partial charge in [0.15, 0.2) is 0 Å². The van der Waals surface area contributed by atoms with Gasteiger partial charge < -0.3 is 15.8 Å². The zero-order valence-corrected chi connectivity index (χ0v) is 16.7. The number of nitrogen functional groups attached to an aromatic ring is 1. The highest BCUT2D eigenvalue weighted by Crippen LogP contribution is 2.21. The predicted octanol–water partition coefficient (Wildman–Crippen LogP) is 2.61. The van der Waals surface area contributed by atoms with Crippen LogP contribution in [0.4, 0.5) is 11.6 Å². The molecule has 0 bridgehead atoms. The van der Waals surface area contributed by atoms with Gasteiger partial charge in [-0.1, -0.05) is 42.5 Å². The third-order valence-corrected chi connectivity index (χ3v) is 5.18. The number of ether oxygens (including phenoxy) is 1. The number of benzene rings is 2. The van der Waals surface area contributed by atoms with Gasteiger partial charge in [0.2, 0.25) is 11.9 Å². The molecule has 1 atom stereocenters. The second-order valence-electron chi connectivity index (χ2n) is 7.22. The number of hydrogen-bond donors (Lipinski definition) is 2. The average Bonchev–Trinajstić information content (AvgIpc) is 2.79. The number of morpholine rings is 1. The van der Waals surface area contributed by atoms with Gasteiger partial charge in [-0.05, 0) is 30.2 Å². The maximum Gasteiger partial charge on any atom is 0.242 e. The molecule has 154 valence electrons. The van der Waals surface area contributed by atoms with Crippen molar-refractivity contribution < 1.29 is 9.53 Å². The van der Waals surface area contributed by atoms with E-state index in [1.165, 1.54) is 0 Å². The minimum Gasteiger partial charge on any atom is -0.379 e. The highest BCUT2D eigenvalue weighted by atomic mass is 16.5. The van der Waals surface area contributed by atoms with Crippen LogP contribution < -0.4 is 11.1 Å². The topological polar surface area (TPSA) is 93.4 Å². The number of hydrogen-bond acceptors (Lipinski definition) is 6. The van der Waals surface area contributed by atoms with Crippen LogP contribution in [0.1, 0.15) is 5.56 Å². The quantitative estimate of drug-likeness (QED) is 0.657. The van der Waals surface area contributed by atoms with E-state index in [0.29, 0.717) is 19.6 Å². The van der Waals surface area contributed by atoms with Crippen molar-refractivity contribution in [3.8, 4) is 11.3 Å². The molecule has 1 amide bonds. The van der Waals surface area contributed by atoms with E-state index < -0.39 is 0 Å². The highest BCUT2D eigenvalue weighted by Gasteiger charge is 2.27. The smallest absolute Gasteiger partial charge is 0.242 e. The average molecular weight is 403 g/mol. The first-order chi connectivity index (χ1) is 14.7. The Morgan fingerprint density at radius 1 is 1.07 bits per heavy atom.